The lowest BCUT2D eigenvalue weighted by molar-refractivity contribution is -0.130. The van der Waals surface area contributed by atoms with Crippen molar-refractivity contribution in [2.45, 2.75) is 111 Å². The summed E-state index contributed by atoms with van der Waals surface area (Å²) in [5.41, 5.74) is 6.97. The normalized spacial score (nSPS) is 15.6. The summed E-state index contributed by atoms with van der Waals surface area (Å²) in [6.07, 6.45) is 1.01. The molecule has 2 rings (SSSR count). The van der Waals surface area contributed by atoms with Crippen LogP contribution in [0.4, 0.5) is 0 Å². The molecule has 0 saturated carbocycles. The molecule has 1 amide bonds. The van der Waals surface area contributed by atoms with E-state index in [9.17, 15) is 4.79 Å². The van der Waals surface area contributed by atoms with Gasteiger partial charge in [-0.2, -0.15) is 0 Å². The van der Waals surface area contributed by atoms with Crippen LogP contribution in [0, 0.1) is 19.8 Å². The Morgan fingerprint density at radius 2 is 1.50 bits per heavy atom. The number of nitrogens with two attached hydrogens (primary N) is 1. The standard InChI is InChI=1S/C12H19N3O.C2H7N.3C2H6.3CH4/c1-7-5-11(15(6-7)10(4)16)12-13-8(2)9(3)14-12;1-2-3;3*1-2;;;/h7,11H,5-6H2,1-4H3,(H,13,14);2-3H2,1H3;3*1-2H3;3*1H4. The molecule has 2 unspecified atom stereocenters. The van der Waals surface area contributed by atoms with Crippen LogP contribution in [0.1, 0.15) is 114 Å². The number of aromatic nitrogens is 2. The minimum atomic E-state index is 0. The van der Waals surface area contributed by atoms with Gasteiger partial charge in [-0.05, 0) is 32.7 Å². The van der Waals surface area contributed by atoms with Crippen molar-refractivity contribution in [3.63, 3.8) is 0 Å². The van der Waals surface area contributed by atoms with Crippen molar-refractivity contribution in [1.82, 2.24) is 14.9 Å². The minimum absolute atomic E-state index is 0. The third-order valence-corrected chi connectivity index (χ3v) is 3.38. The zero-order chi connectivity index (χ0) is 20.6. The van der Waals surface area contributed by atoms with Crippen molar-refractivity contribution in [1.29, 1.82) is 0 Å². The molecular weight excluding hydrogens is 348 g/mol. The number of hydrogen-bond acceptors (Lipinski definition) is 3. The number of carbonyl (C=O) groups is 1. The summed E-state index contributed by atoms with van der Waals surface area (Å²) in [7, 11) is 0. The zero-order valence-electron chi connectivity index (χ0n) is 18.7. The number of aromatic amines is 1. The zero-order valence-corrected chi connectivity index (χ0v) is 18.7. The number of imidazole rings is 1. The van der Waals surface area contributed by atoms with Crippen LogP contribution in [-0.4, -0.2) is 33.9 Å². The fraction of sp³-hybridized carbons (Fsp3) is 0.826. The summed E-state index contributed by atoms with van der Waals surface area (Å²) in [5, 5.41) is 0. The molecule has 1 fully saturated rings. The van der Waals surface area contributed by atoms with Gasteiger partial charge in [-0.15, -0.1) is 0 Å². The number of hydrogen-bond donors (Lipinski definition) is 2. The lowest BCUT2D eigenvalue weighted by Gasteiger charge is -2.21. The van der Waals surface area contributed by atoms with Gasteiger partial charge in [0.2, 0.25) is 5.91 Å². The molecule has 1 aliphatic heterocycles. The first-order valence-corrected chi connectivity index (χ1v) is 9.91. The molecule has 0 radical (unpaired) electrons. The average Bonchev–Trinajstić information content (AvgIpc) is 3.17. The molecule has 0 aliphatic carbocycles. The third kappa shape index (κ3) is 14.7. The van der Waals surface area contributed by atoms with Gasteiger partial charge in [0.25, 0.3) is 0 Å². The van der Waals surface area contributed by atoms with Crippen molar-refractivity contribution < 1.29 is 4.79 Å². The van der Waals surface area contributed by atoms with E-state index in [1.165, 1.54) is 0 Å². The molecule has 28 heavy (non-hydrogen) atoms. The van der Waals surface area contributed by atoms with Gasteiger partial charge in [0.05, 0.1) is 11.7 Å². The number of aryl methyl sites for hydroxylation is 2. The molecule has 0 spiro atoms. The van der Waals surface area contributed by atoms with E-state index in [0.717, 1.165) is 36.7 Å². The Morgan fingerprint density at radius 3 is 1.79 bits per heavy atom. The van der Waals surface area contributed by atoms with Crippen molar-refractivity contribution in [2.24, 2.45) is 11.7 Å². The van der Waals surface area contributed by atoms with Gasteiger partial charge >= 0.3 is 0 Å². The van der Waals surface area contributed by atoms with E-state index in [2.05, 4.69) is 16.9 Å². The Labute approximate surface area is 178 Å². The topological polar surface area (TPSA) is 75.0 Å². The molecule has 2 heterocycles. The first-order chi connectivity index (χ1) is 11.9. The highest BCUT2D eigenvalue weighted by atomic mass is 16.2. The van der Waals surface area contributed by atoms with Gasteiger partial charge in [0.15, 0.2) is 0 Å². The Morgan fingerprint density at radius 1 is 1.11 bits per heavy atom. The molecule has 2 atom stereocenters. The second-order valence-electron chi connectivity index (χ2n) is 5.27. The van der Waals surface area contributed by atoms with Gasteiger partial charge in [-0.1, -0.05) is 77.7 Å². The van der Waals surface area contributed by atoms with Crippen molar-refractivity contribution >= 4 is 5.91 Å². The van der Waals surface area contributed by atoms with Gasteiger partial charge < -0.3 is 15.6 Å². The number of nitrogens with zero attached hydrogens (tertiary/aromatic N) is 2. The lowest BCUT2D eigenvalue weighted by atomic mass is 10.1. The largest absolute Gasteiger partial charge is 0.344 e. The minimum Gasteiger partial charge on any atom is -0.344 e. The molecule has 1 aliphatic rings. The molecule has 5 nitrogen and oxygen atoms in total. The predicted octanol–water partition coefficient (Wildman–Crippen LogP) is 6.91. The molecule has 3 N–H and O–H groups in total. The van der Waals surface area contributed by atoms with Crippen LogP contribution in [0.25, 0.3) is 0 Å². The fourth-order valence-electron chi connectivity index (χ4n) is 2.39. The number of amides is 1. The van der Waals surface area contributed by atoms with Crippen molar-refractivity contribution in [3.8, 4) is 0 Å². The van der Waals surface area contributed by atoms with Crippen molar-refractivity contribution in [3.05, 3.63) is 17.2 Å². The Hall–Kier alpha value is -1.36. The number of H-pyrrole nitrogens is 1. The molecule has 0 bridgehead atoms. The van der Waals surface area contributed by atoms with Gasteiger partial charge in [0.1, 0.15) is 5.82 Å². The molecule has 174 valence electrons. The van der Waals surface area contributed by atoms with Crippen LogP contribution < -0.4 is 5.73 Å². The van der Waals surface area contributed by atoms with E-state index in [1.54, 1.807) is 6.92 Å². The monoisotopic (exact) mass is 404 g/mol. The van der Waals surface area contributed by atoms with Crippen LogP contribution in [0.5, 0.6) is 0 Å². The number of likely N-dealkylation sites (tertiary alicyclic amines) is 1. The summed E-state index contributed by atoms with van der Waals surface area (Å²) in [4.78, 5) is 21.3. The predicted molar refractivity (Wildman–Crippen MR) is 131 cm³/mol. The molecule has 0 aromatic carbocycles. The van der Waals surface area contributed by atoms with E-state index in [1.807, 2.05) is 67.2 Å². The number of rotatable bonds is 1. The second-order valence-corrected chi connectivity index (χ2v) is 5.27. The van der Waals surface area contributed by atoms with Crippen LogP contribution >= 0.6 is 0 Å². The third-order valence-electron chi connectivity index (χ3n) is 3.38. The van der Waals surface area contributed by atoms with E-state index in [4.69, 9.17) is 5.73 Å². The van der Waals surface area contributed by atoms with E-state index in [0.29, 0.717) is 5.92 Å². The summed E-state index contributed by atoms with van der Waals surface area (Å²) in [5.74, 6) is 1.63. The van der Waals surface area contributed by atoms with Crippen molar-refractivity contribution in [2.75, 3.05) is 13.1 Å². The summed E-state index contributed by atoms with van der Waals surface area (Å²) >= 11 is 0. The lowest BCUT2D eigenvalue weighted by Crippen LogP contribution is -2.29. The van der Waals surface area contributed by atoms with Gasteiger partial charge in [-0.25, -0.2) is 4.98 Å². The first-order valence-electron chi connectivity index (χ1n) is 9.91. The SMILES string of the molecule is C.C.C.CC.CC.CC.CC(=O)N1CC(C)CC1c1nc(C)c(C)[nH]1.CCN. The highest BCUT2D eigenvalue weighted by Crippen LogP contribution is 2.34. The highest BCUT2D eigenvalue weighted by molar-refractivity contribution is 5.74. The summed E-state index contributed by atoms with van der Waals surface area (Å²) in [6, 6.07) is 0.139. The Balaban J connectivity index is -0.0000000887. The van der Waals surface area contributed by atoms with Crippen LogP contribution in [-0.2, 0) is 4.79 Å². The fourth-order valence-corrected chi connectivity index (χ4v) is 2.39. The maximum atomic E-state index is 11.6. The maximum Gasteiger partial charge on any atom is 0.220 e. The summed E-state index contributed by atoms with van der Waals surface area (Å²) < 4.78 is 0. The number of carbonyl (C=O) groups excluding carboxylic acids is 1. The Bertz CT molecular complexity index is 411. The van der Waals surface area contributed by atoms with Crippen LogP contribution in [0.3, 0.4) is 0 Å². The smallest absolute Gasteiger partial charge is 0.220 e. The molecule has 1 aromatic rings. The molecule has 5 heteroatoms. The van der Waals surface area contributed by atoms with Crippen LogP contribution in [0.15, 0.2) is 0 Å². The Kier molecular flexibility index (Phi) is 37.6. The van der Waals surface area contributed by atoms with E-state index in [-0.39, 0.29) is 34.2 Å². The average molecular weight is 405 g/mol. The highest BCUT2D eigenvalue weighted by Gasteiger charge is 2.34. The van der Waals surface area contributed by atoms with E-state index >= 15 is 0 Å². The molecule has 1 aromatic heterocycles. The molecular formula is C23H56N4O. The van der Waals surface area contributed by atoms with Crippen LogP contribution in [0.2, 0.25) is 0 Å². The molecule has 1 saturated heterocycles. The first kappa shape index (κ1) is 41.1. The maximum absolute atomic E-state index is 11.6. The van der Waals surface area contributed by atoms with Gasteiger partial charge in [0, 0.05) is 19.2 Å². The quantitative estimate of drug-likeness (QED) is 0.534. The summed E-state index contributed by atoms with van der Waals surface area (Å²) in [6.45, 7) is 23.3. The van der Waals surface area contributed by atoms with E-state index < -0.39 is 0 Å². The second kappa shape index (κ2) is 25.6. The van der Waals surface area contributed by atoms with Gasteiger partial charge in [-0.3, -0.25) is 4.79 Å². The number of nitrogens with one attached hydrogen (secondary N) is 1.